The van der Waals surface area contributed by atoms with E-state index in [9.17, 15) is 0 Å². The first-order chi connectivity index (χ1) is 7.74. The lowest BCUT2D eigenvalue weighted by molar-refractivity contribution is 0.239. The van der Waals surface area contributed by atoms with Crippen LogP contribution in [-0.2, 0) is 0 Å². The van der Waals surface area contributed by atoms with E-state index in [1.807, 2.05) is 0 Å². The van der Waals surface area contributed by atoms with Crippen molar-refractivity contribution in [2.24, 2.45) is 5.92 Å². The Hall–Kier alpha value is -0.0800. The van der Waals surface area contributed by atoms with Gasteiger partial charge in [0.2, 0.25) is 0 Å². The van der Waals surface area contributed by atoms with Crippen molar-refractivity contribution in [3.8, 4) is 0 Å². The van der Waals surface area contributed by atoms with E-state index in [4.69, 9.17) is 0 Å². The predicted octanol–water partition coefficient (Wildman–Crippen LogP) is 2.89. The van der Waals surface area contributed by atoms with E-state index < -0.39 is 0 Å². The van der Waals surface area contributed by atoms with Gasteiger partial charge in [-0.2, -0.15) is 0 Å². The van der Waals surface area contributed by atoms with Crippen molar-refractivity contribution in [1.29, 1.82) is 0 Å². The van der Waals surface area contributed by atoms with Crippen molar-refractivity contribution >= 4 is 0 Å². The molecule has 1 N–H and O–H groups in total. The second-order valence-electron chi connectivity index (χ2n) is 5.57. The summed E-state index contributed by atoms with van der Waals surface area (Å²) >= 11 is 0. The van der Waals surface area contributed by atoms with E-state index in [0.29, 0.717) is 0 Å². The summed E-state index contributed by atoms with van der Waals surface area (Å²) in [4.78, 5) is 2.70. The minimum atomic E-state index is 0.818. The Labute approximate surface area is 102 Å². The average Bonchev–Trinajstić information content (AvgIpc) is 2.66. The maximum Gasteiger partial charge on any atom is 0.0221 e. The van der Waals surface area contributed by atoms with Gasteiger partial charge in [-0.1, -0.05) is 20.8 Å². The number of hydrogen-bond donors (Lipinski definition) is 1. The summed E-state index contributed by atoms with van der Waals surface area (Å²) in [5, 5.41) is 3.56. The summed E-state index contributed by atoms with van der Waals surface area (Å²) in [7, 11) is 0. The molecule has 0 aromatic carbocycles. The van der Waals surface area contributed by atoms with Gasteiger partial charge in [-0.25, -0.2) is 0 Å². The highest BCUT2D eigenvalue weighted by atomic mass is 15.2. The largest absolute Gasteiger partial charge is 0.315 e. The third-order valence-corrected chi connectivity index (χ3v) is 3.53. The van der Waals surface area contributed by atoms with Crippen LogP contribution >= 0.6 is 0 Å². The maximum atomic E-state index is 3.56. The van der Waals surface area contributed by atoms with Gasteiger partial charge in [0.05, 0.1) is 0 Å². The van der Waals surface area contributed by atoms with Crippen LogP contribution in [0, 0.1) is 5.92 Å². The van der Waals surface area contributed by atoms with Gasteiger partial charge in [0.1, 0.15) is 0 Å². The normalized spacial score (nSPS) is 22.1. The highest BCUT2D eigenvalue weighted by molar-refractivity contribution is 4.80. The van der Waals surface area contributed by atoms with Crippen molar-refractivity contribution in [3.05, 3.63) is 0 Å². The van der Waals surface area contributed by atoms with Crippen LogP contribution in [0.2, 0.25) is 0 Å². The quantitative estimate of drug-likeness (QED) is 0.640. The molecule has 96 valence electrons. The molecule has 0 bridgehead atoms. The van der Waals surface area contributed by atoms with Crippen LogP contribution in [0.5, 0.6) is 0 Å². The third kappa shape index (κ3) is 5.31. The number of nitrogens with one attached hydrogen (secondary N) is 1. The van der Waals surface area contributed by atoms with E-state index in [2.05, 4.69) is 31.0 Å². The predicted molar refractivity (Wildman–Crippen MR) is 71.8 cm³/mol. The van der Waals surface area contributed by atoms with Crippen LogP contribution < -0.4 is 5.32 Å². The fourth-order valence-electron chi connectivity index (χ4n) is 2.57. The molecule has 1 fully saturated rings. The minimum Gasteiger partial charge on any atom is -0.315 e. The zero-order valence-corrected chi connectivity index (χ0v) is 11.5. The standard InChI is InChI=1S/C14H30N2/c1-4-9-15-12-14-8-6-11-16(14)10-5-7-13(2)3/h13-15H,4-12H2,1-3H3. The number of nitrogens with zero attached hydrogens (tertiary/aromatic N) is 1. The number of hydrogen-bond acceptors (Lipinski definition) is 2. The van der Waals surface area contributed by atoms with Gasteiger partial charge < -0.3 is 5.32 Å². The van der Waals surface area contributed by atoms with Gasteiger partial charge in [-0.05, 0) is 57.7 Å². The van der Waals surface area contributed by atoms with Crippen LogP contribution in [0.25, 0.3) is 0 Å². The smallest absolute Gasteiger partial charge is 0.0221 e. The molecule has 0 aromatic rings. The second kappa shape index (κ2) is 8.08. The molecular weight excluding hydrogens is 196 g/mol. The molecule has 1 unspecified atom stereocenters. The molecule has 0 saturated carbocycles. The first-order valence-corrected chi connectivity index (χ1v) is 7.18. The van der Waals surface area contributed by atoms with E-state index in [-0.39, 0.29) is 0 Å². The maximum absolute atomic E-state index is 3.56. The Bertz CT molecular complexity index is 168. The lowest BCUT2D eigenvalue weighted by atomic mass is 10.1. The summed E-state index contributed by atoms with van der Waals surface area (Å²) in [6.07, 6.45) is 6.81. The first-order valence-electron chi connectivity index (χ1n) is 7.18. The van der Waals surface area contributed by atoms with Gasteiger partial charge in [-0.3, -0.25) is 4.90 Å². The fraction of sp³-hybridized carbons (Fsp3) is 1.00. The Kier molecular flexibility index (Phi) is 7.06. The molecule has 2 nitrogen and oxygen atoms in total. The molecule has 1 atom stereocenters. The molecule has 0 amide bonds. The molecule has 0 radical (unpaired) electrons. The minimum absolute atomic E-state index is 0.818. The van der Waals surface area contributed by atoms with Crippen LogP contribution in [0.3, 0.4) is 0 Å². The fourth-order valence-corrected chi connectivity index (χ4v) is 2.57. The summed E-state index contributed by atoms with van der Waals surface area (Å²) in [6, 6.07) is 0.818. The zero-order valence-electron chi connectivity index (χ0n) is 11.5. The molecule has 16 heavy (non-hydrogen) atoms. The van der Waals surface area contributed by atoms with E-state index in [0.717, 1.165) is 12.0 Å². The Morgan fingerprint density at radius 3 is 2.88 bits per heavy atom. The molecule has 0 aliphatic carbocycles. The zero-order chi connectivity index (χ0) is 11.8. The average molecular weight is 226 g/mol. The molecule has 2 heteroatoms. The SMILES string of the molecule is CCCNCC1CCCN1CCCC(C)C. The molecular formula is C14H30N2. The monoisotopic (exact) mass is 226 g/mol. The summed E-state index contributed by atoms with van der Waals surface area (Å²) in [5.41, 5.74) is 0. The van der Waals surface area contributed by atoms with E-state index in [1.54, 1.807) is 0 Å². The molecule has 1 aliphatic rings. The van der Waals surface area contributed by atoms with Crippen LogP contribution in [0.15, 0.2) is 0 Å². The second-order valence-corrected chi connectivity index (χ2v) is 5.57. The van der Waals surface area contributed by atoms with E-state index >= 15 is 0 Å². The Morgan fingerprint density at radius 1 is 1.38 bits per heavy atom. The van der Waals surface area contributed by atoms with Crippen molar-refractivity contribution in [3.63, 3.8) is 0 Å². The third-order valence-electron chi connectivity index (χ3n) is 3.53. The Morgan fingerprint density at radius 2 is 2.19 bits per heavy atom. The van der Waals surface area contributed by atoms with Gasteiger partial charge in [-0.15, -0.1) is 0 Å². The van der Waals surface area contributed by atoms with Crippen LogP contribution in [0.4, 0.5) is 0 Å². The van der Waals surface area contributed by atoms with Crippen LogP contribution in [-0.4, -0.2) is 37.1 Å². The molecule has 1 heterocycles. The van der Waals surface area contributed by atoms with Crippen LogP contribution in [0.1, 0.15) is 52.9 Å². The lowest BCUT2D eigenvalue weighted by Gasteiger charge is -2.25. The Balaban J connectivity index is 2.13. The summed E-state index contributed by atoms with van der Waals surface area (Å²) in [5.74, 6) is 0.860. The summed E-state index contributed by atoms with van der Waals surface area (Å²) in [6.45, 7) is 11.9. The lowest BCUT2D eigenvalue weighted by Crippen LogP contribution is -2.38. The molecule has 1 rings (SSSR count). The molecule has 1 saturated heterocycles. The summed E-state index contributed by atoms with van der Waals surface area (Å²) < 4.78 is 0. The molecule has 0 aromatic heterocycles. The molecule has 1 aliphatic heterocycles. The molecule has 0 spiro atoms. The topological polar surface area (TPSA) is 15.3 Å². The highest BCUT2D eigenvalue weighted by Crippen LogP contribution is 2.17. The number of rotatable bonds is 8. The number of likely N-dealkylation sites (tertiary alicyclic amines) is 1. The highest BCUT2D eigenvalue weighted by Gasteiger charge is 2.23. The first kappa shape index (κ1) is 14.0. The van der Waals surface area contributed by atoms with Crippen molar-refractivity contribution in [2.45, 2.75) is 58.9 Å². The van der Waals surface area contributed by atoms with Gasteiger partial charge >= 0.3 is 0 Å². The van der Waals surface area contributed by atoms with Crippen molar-refractivity contribution in [2.75, 3.05) is 26.2 Å². The van der Waals surface area contributed by atoms with Gasteiger partial charge in [0.25, 0.3) is 0 Å². The van der Waals surface area contributed by atoms with Crippen molar-refractivity contribution < 1.29 is 0 Å². The van der Waals surface area contributed by atoms with E-state index in [1.165, 1.54) is 58.3 Å². The van der Waals surface area contributed by atoms with Crippen molar-refractivity contribution in [1.82, 2.24) is 10.2 Å². The van der Waals surface area contributed by atoms with Gasteiger partial charge in [0, 0.05) is 12.6 Å². The van der Waals surface area contributed by atoms with Gasteiger partial charge in [0.15, 0.2) is 0 Å².